The minimum Gasteiger partial charge on any atom is -0.356 e. The summed E-state index contributed by atoms with van der Waals surface area (Å²) < 4.78 is 24.1. The number of amides is 1. The Morgan fingerprint density at radius 3 is 2.77 bits per heavy atom. The molecule has 1 aliphatic heterocycles. The molecule has 0 aromatic carbocycles. The summed E-state index contributed by atoms with van der Waals surface area (Å²) in [4.78, 5) is 22.2. The van der Waals surface area contributed by atoms with Crippen molar-refractivity contribution in [3.05, 3.63) is 18.1 Å². The van der Waals surface area contributed by atoms with Crippen LogP contribution in [-0.2, 0) is 11.2 Å². The average Bonchev–Trinajstić information content (AvgIpc) is 2.54. The Balaban J connectivity index is 1.79. The average molecular weight is 312 g/mol. The molecule has 1 aromatic rings. The molecule has 0 saturated carbocycles. The first-order valence-electron chi connectivity index (χ1n) is 7.69. The highest BCUT2D eigenvalue weighted by atomic mass is 19.3. The number of hydrogen-bond acceptors (Lipinski definition) is 4. The molecule has 1 fully saturated rings. The van der Waals surface area contributed by atoms with Crippen LogP contribution >= 0.6 is 0 Å². The normalized spacial score (nSPS) is 16.1. The van der Waals surface area contributed by atoms with Gasteiger partial charge in [0.25, 0.3) is 6.43 Å². The fourth-order valence-electron chi connectivity index (χ4n) is 2.64. The van der Waals surface area contributed by atoms with Crippen LogP contribution in [0.5, 0.6) is 0 Å². The van der Waals surface area contributed by atoms with Crippen molar-refractivity contribution in [1.82, 2.24) is 15.3 Å². The summed E-state index contributed by atoms with van der Waals surface area (Å²) in [6.07, 6.45) is 2.02. The number of anilines is 1. The van der Waals surface area contributed by atoms with Crippen molar-refractivity contribution in [2.45, 2.75) is 39.0 Å². The first-order chi connectivity index (χ1) is 10.6. The molecule has 1 N–H and O–H groups in total. The Hall–Kier alpha value is -1.79. The highest BCUT2D eigenvalue weighted by molar-refractivity contribution is 5.76. The van der Waals surface area contributed by atoms with Gasteiger partial charge in [0, 0.05) is 31.3 Å². The van der Waals surface area contributed by atoms with E-state index in [0.29, 0.717) is 6.42 Å². The molecule has 1 aromatic heterocycles. The van der Waals surface area contributed by atoms with Crippen LogP contribution in [0.2, 0.25) is 0 Å². The number of rotatable bonds is 6. The van der Waals surface area contributed by atoms with Crippen molar-refractivity contribution in [1.29, 1.82) is 0 Å². The van der Waals surface area contributed by atoms with E-state index >= 15 is 0 Å². The summed E-state index contributed by atoms with van der Waals surface area (Å²) in [6.45, 7) is 3.15. The number of halogens is 2. The van der Waals surface area contributed by atoms with Gasteiger partial charge in [0.1, 0.15) is 12.1 Å². The molecule has 1 amide bonds. The van der Waals surface area contributed by atoms with E-state index in [2.05, 4.69) is 27.1 Å². The van der Waals surface area contributed by atoms with E-state index in [9.17, 15) is 13.6 Å². The number of hydrogen-bond donors (Lipinski definition) is 1. The lowest BCUT2D eigenvalue weighted by molar-refractivity contribution is -0.122. The number of piperidine rings is 1. The number of aryl methyl sites for hydroxylation is 1. The van der Waals surface area contributed by atoms with E-state index in [-0.39, 0.29) is 11.8 Å². The minimum atomic E-state index is -2.49. The third-order valence-electron chi connectivity index (χ3n) is 3.94. The Morgan fingerprint density at radius 1 is 1.41 bits per heavy atom. The molecule has 0 unspecified atom stereocenters. The quantitative estimate of drug-likeness (QED) is 0.873. The number of carbonyl (C=O) groups excluding carboxylic acids is 1. The summed E-state index contributed by atoms with van der Waals surface area (Å²) in [7, 11) is 0. The molecule has 5 nitrogen and oxygen atoms in total. The predicted octanol–water partition coefficient (Wildman–Crippen LogP) is 2.03. The zero-order valence-electron chi connectivity index (χ0n) is 12.8. The summed E-state index contributed by atoms with van der Waals surface area (Å²) in [5.74, 6) is 0.892. The maximum Gasteiger partial charge on any atom is 0.255 e. The van der Waals surface area contributed by atoms with Gasteiger partial charge in [0.05, 0.1) is 6.54 Å². The molecule has 0 atom stereocenters. The Bertz CT molecular complexity index is 490. The molecule has 2 rings (SSSR count). The number of carbonyl (C=O) groups is 1. The highest BCUT2D eigenvalue weighted by Gasteiger charge is 2.22. The summed E-state index contributed by atoms with van der Waals surface area (Å²) >= 11 is 0. The van der Waals surface area contributed by atoms with Crippen molar-refractivity contribution in [2.24, 2.45) is 5.92 Å². The molecule has 2 heterocycles. The maximum absolute atomic E-state index is 12.0. The van der Waals surface area contributed by atoms with Gasteiger partial charge in [-0.2, -0.15) is 0 Å². The molecule has 22 heavy (non-hydrogen) atoms. The van der Waals surface area contributed by atoms with Gasteiger partial charge in [-0.1, -0.05) is 6.92 Å². The molecule has 0 radical (unpaired) electrons. The third kappa shape index (κ3) is 4.89. The van der Waals surface area contributed by atoms with Gasteiger partial charge < -0.3 is 10.2 Å². The van der Waals surface area contributed by atoms with E-state index in [4.69, 9.17) is 0 Å². The van der Waals surface area contributed by atoms with Gasteiger partial charge >= 0.3 is 0 Å². The molecular weight excluding hydrogens is 290 g/mol. The van der Waals surface area contributed by atoms with E-state index < -0.39 is 13.0 Å². The Morgan fingerprint density at radius 2 is 2.14 bits per heavy atom. The number of aromatic nitrogens is 2. The van der Waals surface area contributed by atoms with Crippen LogP contribution in [0.15, 0.2) is 12.4 Å². The monoisotopic (exact) mass is 312 g/mol. The summed E-state index contributed by atoms with van der Waals surface area (Å²) in [5, 5.41) is 2.26. The van der Waals surface area contributed by atoms with Crippen LogP contribution in [0.3, 0.4) is 0 Å². The number of nitrogens with zero attached hydrogens (tertiary/aromatic N) is 3. The van der Waals surface area contributed by atoms with Crippen molar-refractivity contribution >= 4 is 11.7 Å². The molecule has 7 heteroatoms. The fourth-order valence-corrected chi connectivity index (χ4v) is 2.64. The zero-order valence-corrected chi connectivity index (χ0v) is 12.8. The third-order valence-corrected chi connectivity index (χ3v) is 3.94. The number of nitrogens with one attached hydrogen (secondary N) is 1. The van der Waals surface area contributed by atoms with Crippen LogP contribution in [0.4, 0.5) is 14.6 Å². The molecule has 122 valence electrons. The van der Waals surface area contributed by atoms with E-state index in [1.165, 1.54) is 0 Å². The van der Waals surface area contributed by atoms with Gasteiger partial charge in [-0.05, 0) is 25.2 Å². The second-order valence-electron chi connectivity index (χ2n) is 5.55. The van der Waals surface area contributed by atoms with Crippen molar-refractivity contribution in [2.75, 3.05) is 24.5 Å². The van der Waals surface area contributed by atoms with Gasteiger partial charge in [-0.25, -0.2) is 18.7 Å². The molecule has 0 aliphatic carbocycles. The molecule has 1 saturated heterocycles. The van der Waals surface area contributed by atoms with Crippen molar-refractivity contribution in [3.63, 3.8) is 0 Å². The fraction of sp³-hybridized carbons (Fsp3) is 0.667. The van der Waals surface area contributed by atoms with Gasteiger partial charge in [-0.3, -0.25) is 4.79 Å². The van der Waals surface area contributed by atoms with Gasteiger partial charge in [0.15, 0.2) is 0 Å². The molecule has 0 spiro atoms. The van der Waals surface area contributed by atoms with E-state index in [1.807, 2.05) is 6.07 Å². The summed E-state index contributed by atoms with van der Waals surface area (Å²) in [5.41, 5.74) is 1.01. The first-order valence-corrected chi connectivity index (χ1v) is 7.69. The Kier molecular flexibility index (Phi) is 6.03. The second-order valence-corrected chi connectivity index (χ2v) is 5.55. The van der Waals surface area contributed by atoms with E-state index in [0.717, 1.165) is 43.9 Å². The van der Waals surface area contributed by atoms with Crippen LogP contribution < -0.4 is 10.2 Å². The minimum absolute atomic E-state index is 0.251. The smallest absolute Gasteiger partial charge is 0.255 e. The van der Waals surface area contributed by atoms with Gasteiger partial charge in [-0.15, -0.1) is 0 Å². The zero-order chi connectivity index (χ0) is 15.9. The van der Waals surface area contributed by atoms with Gasteiger partial charge in [0.2, 0.25) is 5.91 Å². The van der Waals surface area contributed by atoms with Crippen LogP contribution in [-0.4, -0.2) is 41.9 Å². The standard InChI is InChI=1S/C15H22F2N4O/c1-2-12-8-14(20-10-19-12)21-5-3-11(4-6-21)7-15(22)18-9-13(16)17/h8,10-11,13H,2-7,9H2,1H3,(H,18,22). The lowest BCUT2D eigenvalue weighted by Gasteiger charge is -2.32. The van der Waals surface area contributed by atoms with Crippen LogP contribution in [0.1, 0.15) is 31.9 Å². The van der Waals surface area contributed by atoms with Crippen molar-refractivity contribution < 1.29 is 13.6 Å². The second kappa shape index (κ2) is 8.00. The summed E-state index contributed by atoms with van der Waals surface area (Å²) in [6, 6.07) is 2.00. The maximum atomic E-state index is 12.0. The topological polar surface area (TPSA) is 58.1 Å². The highest BCUT2D eigenvalue weighted by Crippen LogP contribution is 2.24. The molecule has 0 bridgehead atoms. The molecular formula is C15H22F2N4O. The van der Waals surface area contributed by atoms with Crippen LogP contribution in [0.25, 0.3) is 0 Å². The molecule has 1 aliphatic rings. The van der Waals surface area contributed by atoms with Crippen molar-refractivity contribution in [3.8, 4) is 0 Å². The predicted molar refractivity (Wildman–Crippen MR) is 80.0 cm³/mol. The lowest BCUT2D eigenvalue weighted by atomic mass is 9.93. The first kappa shape index (κ1) is 16.6. The largest absolute Gasteiger partial charge is 0.356 e. The Labute approximate surface area is 129 Å². The SMILES string of the molecule is CCc1cc(N2CCC(CC(=O)NCC(F)F)CC2)ncn1. The number of alkyl halides is 2. The van der Waals surface area contributed by atoms with Crippen LogP contribution in [0, 0.1) is 5.92 Å². The lowest BCUT2D eigenvalue weighted by Crippen LogP contribution is -2.37. The van der Waals surface area contributed by atoms with E-state index in [1.54, 1.807) is 6.33 Å².